The maximum absolute atomic E-state index is 12.6. The number of hydrogen-bond acceptors (Lipinski definition) is 3. The van der Waals surface area contributed by atoms with Crippen molar-refractivity contribution in [3.63, 3.8) is 0 Å². The molecule has 130 valence electrons. The Hall–Kier alpha value is -2.60. The summed E-state index contributed by atoms with van der Waals surface area (Å²) in [7, 11) is 0. The maximum Gasteiger partial charge on any atom is 0.245 e. The van der Waals surface area contributed by atoms with Crippen molar-refractivity contribution >= 4 is 29.2 Å². The molecule has 2 amide bonds. The standard InChI is InChI=1S/C18H19ClN4O2/c1-2-17(24)22-10-4-5-13(12-22)18(25)21-16-8-9-20-23(16)15-7-3-6-14(19)11-15/h2-3,6-9,11,13H,1,4-5,10,12H2,(H,21,25). The van der Waals surface area contributed by atoms with Gasteiger partial charge in [-0.3, -0.25) is 9.59 Å². The predicted molar refractivity (Wildman–Crippen MR) is 96.7 cm³/mol. The molecule has 1 N–H and O–H groups in total. The van der Waals surface area contributed by atoms with E-state index in [2.05, 4.69) is 17.0 Å². The molecule has 1 aliphatic rings. The second-order valence-electron chi connectivity index (χ2n) is 5.92. The van der Waals surface area contributed by atoms with Gasteiger partial charge in [-0.05, 0) is 37.1 Å². The van der Waals surface area contributed by atoms with Crippen LogP contribution in [-0.2, 0) is 9.59 Å². The molecule has 2 aromatic rings. The highest BCUT2D eigenvalue weighted by Crippen LogP contribution is 2.22. The summed E-state index contributed by atoms with van der Waals surface area (Å²) in [5.74, 6) is 0.0617. The van der Waals surface area contributed by atoms with Crippen molar-refractivity contribution in [2.24, 2.45) is 5.92 Å². The molecular weight excluding hydrogens is 340 g/mol. The van der Waals surface area contributed by atoms with E-state index in [-0.39, 0.29) is 17.7 Å². The van der Waals surface area contributed by atoms with Crippen molar-refractivity contribution in [1.82, 2.24) is 14.7 Å². The summed E-state index contributed by atoms with van der Waals surface area (Å²) in [4.78, 5) is 26.1. The summed E-state index contributed by atoms with van der Waals surface area (Å²) in [6, 6.07) is 8.97. The Bertz CT molecular complexity index is 802. The average Bonchev–Trinajstić information content (AvgIpc) is 3.09. The smallest absolute Gasteiger partial charge is 0.245 e. The molecule has 25 heavy (non-hydrogen) atoms. The van der Waals surface area contributed by atoms with Gasteiger partial charge >= 0.3 is 0 Å². The number of piperidine rings is 1. The lowest BCUT2D eigenvalue weighted by Gasteiger charge is -2.31. The van der Waals surface area contributed by atoms with Gasteiger partial charge in [-0.2, -0.15) is 5.10 Å². The van der Waals surface area contributed by atoms with Gasteiger partial charge in [0.1, 0.15) is 5.82 Å². The molecule has 0 radical (unpaired) electrons. The van der Waals surface area contributed by atoms with Gasteiger partial charge in [-0.1, -0.05) is 24.2 Å². The van der Waals surface area contributed by atoms with Crippen LogP contribution in [0, 0.1) is 5.92 Å². The molecule has 1 fully saturated rings. The first-order chi connectivity index (χ1) is 12.1. The third kappa shape index (κ3) is 3.91. The van der Waals surface area contributed by atoms with Crippen LogP contribution < -0.4 is 5.32 Å². The summed E-state index contributed by atoms with van der Waals surface area (Å²) in [5, 5.41) is 7.75. The second kappa shape index (κ2) is 7.53. The van der Waals surface area contributed by atoms with Gasteiger partial charge in [0, 0.05) is 24.2 Å². The number of carbonyl (C=O) groups is 2. The zero-order chi connectivity index (χ0) is 17.8. The van der Waals surface area contributed by atoms with Crippen LogP contribution >= 0.6 is 11.6 Å². The Balaban J connectivity index is 1.73. The monoisotopic (exact) mass is 358 g/mol. The third-order valence-electron chi connectivity index (χ3n) is 4.23. The molecule has 2 heterocycles. The summed E-state index contributed by atoms with van der Waals surface area (Å²) >= 11 is 6.03. The molecule has 1 atom stereocenters. The number of anilines is 1. The summed E-state index contributed by atoms with van der Waals surface area (Å²) < 4.78 is 1.62. The normalized spacial score (nSPS) is 17.2. The van der Waals surface area contributed by atoms with E-state index < -0.39 is 0 Å². The van der Waals surface area contributed by atoms with Crippen LogP contribution in [0.5, 0.6) is 0 Å². The van der Waals surface area contributed by atoms with Gasteiger partial charge in [0.15, 0.2) is 0 Å². The van der Waals surface area contributed by atoms with Crippen molar-refractivity contribution < 1.29 is 9.59 Å². The first kappa shape index (κ1) is 17.2. The lowest BCUT2D eigenvalue weighted by Crippen LogP contribution is -2.43. The molecule has 1 aliphatic heterocycles. The van der Waals surface area contributed by atoms with Gasteiger partial charge in [0.2, 0.25) is 11.8 Å². The van der Waals surface area contributed by atoms with Crippen LogP contribution in [0.1, 0.15) is 12.8 Å². The quantitative estimate of drug-likeness (QED) is 0.854. The van der Waals surface area contributed by atoms with E-state index in [0.29, 0.717) is 23.9 Å². The largest absolute Gasteiger partial charge is 0.338 e. The van der Waals surface area contributed by atoms with Gasteiger partial charge in [-0.25, -0.2) is 4.68 Å². The summed E-state index contributed by atoms with van der Waals surface area (Å²) in [6.07, 6.45) is 4.45. The molecule has 0 bridgehead atoms. The van der Waals surface area contributed by atoms with E-state index in [1.807, 2.05) is 12.1 Å². The second-order valence-corrected chi connectivity index (χ2v) is 6.36. The van der Waals surface area contributed by atoms with E-state index in [1.165, 1.54) is 6.08 Å². The number of nitrogens with one attached hydrogen (secondary N) is 1. The Morgan fingerprint density at radius 1 is 1.36 bits per heavy atom. The fourth-order valence-corrected chi connectivity index (χ4v) is 3.14. The highest BCUT2D eigenvalue weighted by atomic mass is 35.5. The van der Waals surface area contributed by atoms with Crippen molar-refractivity contribution in [2.45, 2.75) is 12.8 Å². The van der Waals surface area contributed by atoms with E-state index in [1.54, 1.807) is 34.0 Å². The fourth-order valence-electron chi connectivity index (χ4n) is 2.96. The number of rotatable bonds is 4. The molecule has 0 aliphatic carbocycles. The van der Waals surface area contributed by atoms with Gasteiger partial charge in [0.05, 0.1) is 17.8 Å². The number of benzene rings is 1. The lowest BCUT2D eigenvalue weighted by molar-refractivity contribution is -0.130. The van der Waals surface area contributed by atoms with Gasteiger partial charge in [0.25, 0.3) is 0 Å². The van der Waals surface area contributed by atoms with Crippen molar-refractivity contribution in [2.75, 3.05) is 18.4 Å². The minimum Gasteiger partial charge on any atom is -0.338 e. The van der Waals surface area contributed by atoms with E-state index >= 15 is 0 Å². The summed E-state index contributed by atoms with van der Waals surface area (Å²) in [6.45, 7) is 4.57. The van der Waals surface area contributed by atoms with Crippen LogP contribution in [0.3, 0.4) is 0 Å². The van der Waals surface area contributed by atoms with Crippen LogP contribution in [0.15, 0.2) is 49.2 Å². The molecule has 1 aromatic carbocycles. The van der Waals surface area contributed by atoms with Crippen LogP contribution in [0.4, 0.5) is 5.82 Å². The highest BCUT2D eigenvalue weighted by molar-refractivity contribution is 6.30. The van der Waals surface area contributed by atoms with Crippen molar-refractivity contribution in [3.8, 4) is 5.69 Å². The number of nitrogens with zero attached hydrogens (tertiary/aromatic N) is 3. The van der Waals surface area contributed by atoms with Gasteiger partial charge < -0.3 is 10.2 Å². The Labute approximate surface area is 151 Å². The number of aromatic nitrogens is 2. The molecule has 0 spiro atoms. The average molecular weight is 359 g/mol. The molecule has 7 heteroatoms. The fraction of sp³-hybridized carbons (Fsp3) is 0.278. The first-order valence-electron chi connectivity index (χ1n) is 8.10. The topological polar surface area (TPSA) is 67.2 Å². The number of amides is 2. The van der Waals surface area contributed by atoms with Crippen LogP contribution in [0.2, 0.25) is 5.02 Å². The molecule has 6 nitrogen and oxygen atoms in total. The van der Waals surface area contributed by atoms with Gasteiger partial charge in [-0.15, -0.1) is 0 Å². The Morgan fingerprint density at radius 2 is 2.20 bits per heavy atom. The predicted octanol–water partition coefficient (Wildman–Crippen LogP) is 2.89. The SMILES string of the molecule is C=CC(=O)N1CCCC(C(=O)Nc2ccnn2-c2cccc(Cl)c2)C1. The lowest BCUT2D eigenvalue weighted by atomic mass is 9.97. The van der Waals surface area contributed by atoms with Crippen LogP contribution in [-0.4, -0.2) is 39.6 Å². The molecule has 1 saturated heterocycles. The minimum atomic E-state index is -0.250. The molecular formula is C18H19ClN4O2. The van der Waals surface area contributed by atoms with E-state index in [9.17, 15) is 9.59 Å². The Morgan fingerprint density at radius 3 is 2.96 bits per heavy atom. The van der Waals surface area contributed by atoms with Crippen molar-refractivity contribution in [3.05, 3.63) is 54.2 Å². The molecule has 1 aromatic heterocycles. The maximum atomic E-state index is 12.6. The number of halogens is 1. The zero-order valence-corrected chi connectivity index (χ0v) is 14.4. The Kier molecular flexibility index (Phi) is 5.19. The zero-order valence-electron chi connectivity index (χ0n) is 13.7. The molecule has 0 saturated carbocycles. The van der Waals surface area contributed by atoms with E-state index in [4.69, 9.17) is 11.6 Å². The van der Waals surface area contributed by atoms with Crippen molar-refractivity contribution in [1.29, 1.82) is 0 Å². The number of carbonyl (C=O) groups excluding carboxylic acids is 2. The first-order valence-corrected chi connectivity index (χ1v) is 8.48. The molecule has 1 unspecified atom stereocenters. The third-order valence-corrected chi connectivity index (χ3v) is 4.46. The number of likely N-dealkylation sites (tertiary alicyclic amines) is 1. The molecule has 3 rings (SSSR count). The minimum absolute atomic E-state index is 0.120. The van der Waals surface area contributed by atoms with Crippen LogP contribution in [0.25, 0.3) is 5.69 Å². The van der Waals surface area contributed by atoms with E-state index in [0.717, 1.165) is 18.5 Å². The summed E-state index contributed by atoms with van der Waals surface area (Å²) in [5.41, 5.74) is 0.764. The highest BCUT2D eigenvalue weighted by Gasteiger charge is 2.28. The number of hydrogen-bond donors (Lipinski definition) is 1.